The number of carbonyl (C=O) groups excluding carboxylic acids is 2. The molecular formula is C44H58FN7O5. The summed E-state index contributed by atoms with van der Waals surface area (Å²) in [5.41, 5.74) is 6.29. The molecule has 1 atom stereocenters. The lowest BCUT2D eigenvalue weighted by Crippen LogP contribution is -2.49. The van der Waals surface area contributed by atoms with E-state index in [4.69, 9.17) is 19.2 Å². The summed E-state index contributed by atoms with van der Waals surface area (Å²) in [6.07, 6.45) is -0.280. The second kappa shape index (κ2) is 19.7. The number of aryl methyl sites for hydroxylation is 1. The summed E-state index contributed by atoms with van der Waals surface area (Å²) >= 11 is 0. The van der Waals surface area contributed by atoms with E-state index in [2.05, 4.69) is 39.3 Å². The van der Waals surface area contributed by atoms with Crippen molar-refractivity contribution in [2.24, 2.45) is 5.92 Å². The van der Waals surface area contributed by atoms with Gasteiger partial charge >= 0.3 is 6.09 Å². The Morgan fingerprint density at radius 1 is 0.895 bits per heavy atom. The summed E-state index contributed by atoms with van der Waals surface area (Å²) in [6.45, 7) is 22.7. The standard InChI is InChI=1S/C44H58FN7O5/c1-10-51(11-2)42(53)30(6)24-33-13-16-37(40(25-33)55-9)48-44(54)57-41-27-38(35-15-12-29(5)31(7)32(35)8)47-43(49-41)46-34-14-17-39(36(45)26-34)56-23-22-50-18-20-52(21-19-50)28(3)4/h12-17,25-28,30H,10-11,18-24H2,1-9H3,(H,48,54)(H,46,47,49). The van der Waals surface area contributed by atoms with Gasteiger partial charge in [-0.2, -0.15) is 4.98 Å². The van der Waals surface area contributed by atoms with Gasteiger partial charge in [-0.25, -0.2) is 14.2 Å². The van der Waals surface area contributed by atoms with Crippen LogP contribution in [0.1, 0.15) is 56.9 Å². The smallest absolute Gasteiger partial charge is 0.418 e. The number of aromatic nitrogens is 2. The van der Waals surface area contributed by atoms with E-state index in [1.165, 1.54) is 13.2 Å². The van der Waals surface area contributed by atoms with Gasteiger partial charge in [0.15, 0.2) is 11.6 Å². The summed E-state index contributed by atoms with van der Waals surface area (Å²) < 4.78 is 32.5. The third-order valence-corrected chi connectivity index (χ3v) is 10.8. The molecule has 1 aliphatic heterocycles. The molecule has 1 aliphatic rings. The maximum atomic E-state index is 15.3. The maximum Gasteiger partial charge on any atom is 0.418 e. The van der Waals surface area contributed by atoms with Crippen LogP contribution in [-0.4, -0.2) is 102 Å². The highest BCUT2D eigenvalue weighted by molar-refractivity contribution is 5.88. The molecule has 12 nitrogen and oxygen atoms in total. The van der Waals surface area contributed by atoms with Crippen LogP contribution in [0.3, 0.4) is 0 Å². The molecule has 306 valence electrons. The number of halogens is 1. The Bertz CT molecular complexity index is 2010. The van der Waals surface area contributed by atoms with Crippen LogP contribution in [0.4, 0.5) is 26.5 Å². The Morgan fingerprint density at radius 3 is 2.30 bits per heavy atom. The highest BCUT2D eigenvalue weighted by Gasteiger charge is 2.21. The fraction of sp³-hybridized carbons (Fsp3) is 0.455. The number of hydrogen-bond acceptors (Lipinski definition) is 10. The molecule has 2 heterocycles. The zero-order valence-electron chi connectivity index (χ0n) is 34.9. The van der Waals surface area contributed by atoms with Crippen LogP contribution in [0.25, 0.3) is 11.3 Å². The SMILES string of the molecule is CCN(CC)C(=O)C(C)Cc1ccc(NC(=O)Oc2cc(-c3ccc(C)c(C)c3C)nc(Nc3ccc(OCCN4CCN(C(C)C)CC4)c(F)c3)n2)c(OC)c1. The van der Waals surface area contributed by atoms with Crippen LogP contribution in [0.15, 0.2) is 54.6 Å². The molecule has 0 spiro atoms. The molecule has 2 N–H and O–H groups in total. The quantitative estimate of drug-likeness (QED) is 0.116. The Labute approximate surface area is 336 Å². The van der Waals surface area contributed by atoms with Crippen LogP contribution in [0.2, 0.25) is 0 Å². The van der Waals surface area contributed by atoms with Crippen molar-refractivity contribution >= 4 is 29.3 Å². The average molecular weight is 784 g/mol. The lowest BCUT2D eigenvalue weighted by Gasteiger charge is -2.36. The van der Waals surface area contributed by atoms with Crippen molar-refractivity contribution in [1.29, 1.82) is 0 Å². The van der Waals surface area contributed by atoms with Gasteiger partial charge in [0.05, 0.1) is 18.5 Å². The van der Waals surface area contributed by atoms with Crippen molar-refractivity contribution in [3.8, 4) is 28.6 Å². The molecule has 1 aromatic heterocycles. The zero-order chi connectivity index (χ0) is 41.2. The number of benzene rings is 3. The number of rotatable bonds is 16. The molecule has 1 unspecified atom stereocenters. The number of ether oxygens (including phenoxy) is 3. The number of nitrogens with zero attached hydrogens (tertiary/aromatic N) is 5. The van der Waals surface area contributed by atoms with Crippen molar-refractivity contribution in [3.63, 3.8) is 0 Å². The van der Waals surface area contributed by atoms with E-state index in [0.717, 1.165) is 60.5 Å². The lowest BCUT2D eigenvalue weighted by molar-refractivity contribution is -0.134. The predicted octanol–water partition coefficient (Wildman–Crippen LogP) is 8.02. The lowest BCUT2D eigenvalue weighted by atomic mass is 9.97. The van der Waals surface area contributed by atoms with E-state index < -0.39 is 11.9 Å². The molecule has 13 heteroatoms. The van der Waals surface area contributed by atoms with Crippen molar-refractivity contribution in [2.75, 3.05) is 70.2 Å². The van der Waals surface area contributed by atoms with E-state index in [0.29, 0.717) is 55.0 Å². The first-order valence-electron chi connectivity index (χ1n) is 19.9. The normalized spacial score (nSPS) is 13.9. The van der Waals surface area contributed by atoms with Gasteiger partial charge in [-0.05, 0) is 101 Å². The Hall–Kier alpha value is -5.27. The van der Waals surface area contributed by atoms with Crippen LogP contribution in [0, 0.1) is 32.5 Å². The first-order chi connectivity index (χ1) is 27.3. The minimum atomic E-state index is -0.798. The number of methoxy groups -OCH3 is 1. The van der Waals surface area contributed by atoms with E-state index in [1.54, 1.807) is 30.3 Å². The molecule has 0 saturated carbocycles. The predicted molar refractivity (Wildman–Crippen MR) is 223 cm³/mol. The molecule has 2 amide bonds. The fourth-order valence-electron chi connectivity index (χ4n) is 7.00. The van der Waals surface area contributed by atoms with Gasteiger partial charge in [-0.1, -0.05) is 25.1 Å². The van der Waals surface area contributed by atoms with Gasteiger partial charge in [0.1, 0.15) is 12.4 Å². The first-order valence-corrected chi connectivity index (χ1v) is 19.9. The summed E-state index contributed by atoms with van der Waals surface area (Å²) in [4.78, 5) is 42.0. The molecule has 3 aromatic carbocycles. The highest BCUT2D eigenvalue weighted by atomic mass is 19.1. The first kappa shape index (κ1) is 42.9. The van der Waals surface area contributed by atoms with Gasteiger partial charge < -0.3 is 24.4 Å². The molecule has 57 heavy (non-hydrogen) atoms. The average Bonchev–Trinajstić information content (AvgIpc) is 3.18. The number of nitrogens with one attached hydrogen (secondary N) is 2. The number of piperazine rings is 1. The Morgan fingerprint density at radius 2 is 1.63 bits per heavy atom. The molecule has 5 rings (SSSR count). The summed E-state index contributed by atoms with van der Waals surface area (Å²) in [5.74, 6) is 0.0151. The van der Waals surface area contributed by atoms with Gasteiger partial charge in [-0.15, -0.1) is 0 Å². The Balaban J connectivity index is 1.30. The van der Waals surface area contributed by atoms with Gasteiger partial charge in [0, 0.05) is 81.2 Å². The number of anilines is 3. The fourth-order valence-corrected chi connectivity index (χ4v) is 7.00. The minimum Gasteiger partial charge on any atom is -0.495 e. The van der Waals surface area contributed by atoms with Crippen molar-refractivity contribution in [1.82, 2.24) is 24.7 Å². The van der Waals surface area contributed by atoms with Crippen molar-refractivity contribution in [3.05, 3.63) is 82.7 Å². The summed E-state index contributed by atoms with van der Waals surface area (Å²) in [5, 5.41) is 5.84. The molecule has 0 aliphatic carbocycles. The maximum absolute atomic E-state index is 15.3. The third-order valence-electron chi connectivity index (χ3n) is 10.8. The summed E-state index contributed by atoms with van der Waals surface area (Å²) in [7, 11) is 1.51. The molecule has 1 saturated heterocycles. The summed E-state index contributed by atoms with van der Waals surface area (Å²) in [6, 6.07) is 16.1. The Kier molecular flexibility index (Phi) is 14.8. The minimum absolute atomic E-state index is 0.0217. The molecule has 0 bridgehead atoms. The van der Waals surface area contributed by atoms with Crippen molar-refractivity contribution in [2.45, 2.75) is 67.9 Å². The zero-order valence-corrected chi connectivity index (χ0v) is 34.9. The topological polar surface area (TPSA) is 121 Å². The van der Waals surface area contributed by atoms with E-state index in [-0.39, 0.29) is 29.4 Å². The van der Waals surface area contributed by atoms with Gasteiger partial charge in [-0.3, -0.25) is 19.9 Å². The second-order valence-electron chi connectivity index (χ2n) is 14.8. The molecule has 4 aromatic rings. The largest absolute Gasteiger partial charge is 0.495 e. The highest BCUT2D eigenvalue weighted by Crippen LogP contribution is 2.32. The van der Waals surface area contributed by atoms with E-state index in [9.17, 15) is 9.59 Å². The van der Waals surface area contributed by atoms with Crippen LogP contribution >= 0.6 is 0 Å². The van der Waals surface area contributed by atoms with Gasteiger partial charge in [0.2, 0.25) is 17.7 Å². The number of carbonyl (C=O) groups is 2. The van der Waals surface area contributed by atoms with E-state index in [1.807, 2.05) is 64.6 Å². The second-order valence-corrected chi connectivity index (χ2v) is 14.8. The monoisotopic (exact) mass is 783 g/mol. The van der Waals surface area contributed by atoms with Crippen LogP contribution in [-0.2, 0) is 11.2 Å². The molecular weight excluding hydrogens is 726 g/mol. The third kappa shape index (κ3) is 11.2. The van der Waals surface area contributed by atoms with Gasteiger partial charge in [0.25, 0.3) is 0 Å². The van der Waals surface area contributed by atoms with E-state index >= 15 is 4.39 Å². The molecule has 0 radical (unpaired) electrons. The molecule has 1 fully saturated rings. The van der Waals surface area contributed by atoms with Crippen LogP contribution in [0.5, 0.6) is 17.4 Å². The van der Waals surface area contributed by atoms with Crippen LogP contribution < -0.4 is 24.8 Å². The number of amides is 2. The number of hydrogen-bond donors (Lipinski definition) is 2. The van der Waals surface area contributed by atoms with Crippen molar-refractivity contribution < 1.29 is 28.2 Å².